The third-order valence-electron chi connectivity index (χ3n) is 4.33. The molecule has 0 aliphatic heterocycles. The molecule has 1 saturated carbocycles. The highest BCUT2D eigenvalue weighted by Gasteiger charge is 2.48. The van der Waals surface area contributed by atoms with Crippen LogP contribution in [0.2, 0.25) is 0 Å². The molecule has 1 amide bonds. The molecular formula is C15H23N3O2. The van der Waals surface area contributed by atoms with Crippen molar-refractivity contribution in [3.05, 3.63) is 23.8 Å². The fourth-order valence-corrected chi connectivity index (χ4v) is 2.68. The average Bonchev–Trinajstić information content (AvgIpc) is 2.43. The number of nitrogens with one attached hydrogen (secondary N) is 2. The van der Waals surface area contributed by atoms with Gasteiger partial charge in [-0.05, 0) is 24.6 Å². The van der Waals surface area contributed by atoms with Crippen LogP contribution >= 0.6 is 0 Å². The Morgan fingerprint density at radius 1 is 1.45 bits per heavy atom. The van der Waals surface area contributed by atoms with Crippen molar-refractivity contribution in [3.8, 4) is 0 Å². The largest absolute Gasteiger partial charge is 0.397 e. The van der Waals surface area contributed by atoms with Gasteiger partial charge in [0.15, 0.2) is 0 Å². The number of benzene rings is 1. The summed E-state index contributed by atoms with van der Waals surface area (Å²) in [5, 5.41) is 6.05. The summed E-state index contributed by atoms with van der Waals surface area (Å²) in [6.07, 6.45) is 1.19. The summed E-state index contributed by atoms with van der Waals surface area (Å²) in [5.74, 6) is -0.115. The summed E-state index contributed by atoms with van der Waals surface area (Å²) >= 11 is 0. The Morgan fingerprint density at radius 2 is 2.15 bits per heavy atom. The first-order valence-corrected chi connectivity index (χ1v) is 6.81. The smallest absolute Gasteiger partial charge is 0.251 e. The van der Waals surface area contributed by atoms with Gasteiger partial charge in [0.25, 0.3) is 5.91 Å². The molecule has 0 spiro atoms. The number of hydrogen-bond donors (Lipinski definition) is 3. The van der Waals surface area contributed by atoms with E-state index in [1.54, 1.807) is 32.4 Å². The van der Waals surface area contributed by atoms with Gasteiger partial charge in [-0.1, -0.05) is 13.8 Å². The maximum Gasteiger partial charge on any atom is 0.251 e. The van der Waals surface area contributed by atoms with Crippen LogP contribution in [0.15, 0.2) is 18.2 Å². The first-order valence-electron chi connectivity index (χ1n) is 6.81. The number of anilines is 2. The number of rotatable bonds is 4. The zero-order chi connectivity index (χ0) is 14.9. The lowest BCUT2D eigenvalue weighted by Gasteiger charge is -2.51. The monoisotopic (exact) mass is 277 g/mol. The van der Waals surface area contributed by atoms with Crippen molar-refractivity contribution in [3.63, 3.8) is 0 Å². The van der Waals surface area contributed by atoms with Crippen molar-refractivity contribution in [1.29, 1.82) is 0 Å². The topological polar surface area (TPSA) is 76.4 Å². The Hall–Kier alpha value is -1.75. The third kappa shape index (κ3) is 2.45. The van der Waals surface area contributed by atoms with Gasteiger partial charge in [-0.3, -0.25) is 4.79 Å². The maximum absolute atomic E-state index is 11.7. The SMILES string of the molecule is CNC(=O)c1ccc(N)c(NC2CC(OC)C2(C)C)c1. The van der Waals surface area contributed by atoms with Gasteiger partial charge in [0, 0.05) is 31.2 Å². The molecule has 4 N–H and O–H groups in total. The Kier molecular flexibility index (Phi) is 3.90. The quantitative estimate of drug-likeness (QED) is 0.734. The predicted molar refractivity (Wildman–Crippen MR) is 80.9 cm³/mol. The zero-order valence-electron chi connectivity index (χ0n) is 12.5. The van der Waals surface area contributed by atoms with Crippen molar-refractivity contribution in [2.24, 2.45) is 5.41 Å². The van der Waals surface area contributed by atoms with Gasteiger partial charge in [-0.2, -0.15) is 0 Å². The van der Waals surface area contributed by atoms with Crippen LogP contribution in [-0.4, -0.2) is 32.2 Å². The molecule has 0 heterocycles. The molecule has 2 rings (SSSR count). The van der Waals surface area contributed by atoms with E-state index >= 15 is 0 Å². The minimum absolute atomic E-state index is 0.0458. The molecule has 0 saturated heterocycles. The molecule has 1 aliphatic carbocycles. The van der Waals surface area contributed by atoms with E-state index in [9.17, 15) is 4.79 Å². The standard InChI is InChI=1S/C15H23N3O2/c1-15(2)12(8-13(15)20-4)18-11-7-9(14(19)17-3)5-6-10(11)16/h5-7,12-13,18H,8,16H2,1-4H3,(H,17,19). The van der Waals surface area contributed by atoms with Crippen LogP contribution in [0.5, 0.6) is 0 Å². The summed E-state index contributed by atoms with van der Waals surface area (Å²) in [4.78, 5) is 11.7. The highest BCUT2D eigenvalue weighted by molar-refractivity contribution is 5.96. The van der Waals surface area contributed by atoms with Crippen LogP contribution < -0.4 is 16.4 Å². The molecular weight excluding hydrogens is 254 g/mol. The second-order valence-corrected chi connectivity index (χ2v) is 5.86. The molecule has 1 aromatic rings. The Balaban J connectivity index is 2.16. The van der Waals surface area contributed by atoms with Gasteiger partial charge in [0.1, 0.15) is 0 Å². The van der Waals surface area contributed by atoms with Crippen LogP contribution in [0.4, 0.5) is 11.4 Å². The van der Waals surface area contributed by atoms with E-state index in [2.05, 4.69) is 24.5 Å². The Labute approximate surface area is 119 Å². The van der Waals surface area contributed by atoms with E-state index in [0.717, 1.165) is 12.1 Å². The summed E-state index contributed by atoms with van der Waals surface area (Å²) in [5.41, 5.74) is 8.09. The molecule has 0 bridgehead atoms. The van der Waals surface area contributed by atoms with Crippen molar-refractivity contribution in [2.45, 2.75) is 32.4 Å². The summed E-state index contributed by atoms with van der Waals surface area (Å²) in [6, 6.07) is 5.56. The fourth-order valence-electron chi connectivity index (χ4n) is 2.68. The zero-order valence-corrected chi connectivity index (χ0v) is 12.5. The summed E-state index contributed by atoms with van der Waals surface area (Å²) in [7, 11) is 3.35. The lowest BCUT2D eigenvalue weighted by Crippen LogP contribution is -2.57. The van der Waals surface area contributed by atoms with E-state index in [0.29, 0.717) is 11.3 Å². The molecule has 2 atom stereocenters. The molecule has 1 aliphatic rings. The maximum atomic E-state index is 11.7. The fraction of sp³-hybridized carbons (Fsp3) is 0.533. The Bertz CT molecular complexity index is 514. The first-order chi connectivity index (χ1) is 9.40. The van der Waals surface area contributed by atoms with Gasteiger partial charge < -0.3 is 21.1 Å². The van der Waals surface area contributed by atoms with E-state index in [-0.39, 0.29) is 23.5 Å². The molecule has 110 valence electrons. The molecule has 1 fully saturated rings. The van der Waals surface area contributed by atoms with E-state index < -0.39 is 0 Å². The van der Waals surface area contributed by atoms with Crippen molar-refractivity contribution < 1.29 is 9.53 Å². The minimum atomic E-state index is -0.115. The Morgan fingerprint density at radius 3 is 2.70 bits per heavy atom. The van der Waals surface area contributed by atoms with Crippen molar-refractivity contribution >= 4 is 17.3 Å². The first kappa shape index (κ1) is 14.7. The normalized spacial score (nSPS) is 23.8. The van der Waals surface area contributed by atoms with Crippen LogP contribution in [-0.2, 0) is 4.74 Å². The molecule has 0 radical (unpaired) electrons. The molecule has 20 heavy (non-hydrogen) atoms. The number of hydrogen-bond acceptors (Lipinski definition) is 4. The van der Waals surface area contributed by atoms with Gasteiger partial charge >= 0.3 is 0 Å². The molecule has 1 aromatic carbocycles. The number of methoxy groups -OCH3 is 1. The van der Waals surface area contributed by atoms with E-state index in [1.165, 1.54) is 0 Å². The molecule has 2 unspecified atom stereocenters. The number of ether oxygens (including phenoxy) is 1. The second-order valence-electron chi connectivity index (χ2n) is 5.86. The van der Waals surface area contributed by atoms with Crippen LogP contribution in [0.3, 0.4) is 0 Å². The summed E-state index contributed by atoms with van der Waals surface area (Å²) in [6.45, 7) is 4.34. The van der Waals surface area contributed by atoms with Gasteiger partial charge in [0.05, 0.1) is 17.5 Å². The number of amides is 1. The second kappa shape index (κ2) is 5.32. The van der Waals surface area contributed by atoms with E-state index in [4.69, 9.17) is 10.5 Å². The van der Waals surface area contributed by atoms with Crippen molar-refractivity contribution in [2.75, 3.05) is 25.2 Å². The van der Waals surface area contributed by atoms with Gasteiger partial charge in [0.2, 0.25) is 0 Å². The highest BCUT2D eigenvalue weighted by Crippen LogP contribution is 2.44. The van der Waals surface area contributed by atoms with Gasteiger partial charge in [-0.15, -0.1) is 0 Å². The van der Waals surface area contributed by atoms with Crippen LogP contribution in [0, 0.1) is 5.41 Å². The van der Waals surface area contributed by atoms with Gasteiger partial charge in [-0.25, -0.2) is 0 Å². The number of carbonyl (C=O) groups is 1. The summed E-state index contributed by atoms with van der Waals surface area (Å²) < 4.78 is 5.44. The molecule has 0 aromatic heterocycles. The number of nitrogens with two attached hydrogens (primary N) is 1. The van der Waals surface area contributed by atoms with Crippen LogP contribution in [0.25, 0.3) is 0 Å². The molecule has 5 nitrogen and oxygen atoms in total. The van der Waals surface area contributed by atoms with E-state index in [1.807, 2.05) is 0 Å². The number of carbonyl (C=O) groups excluding carboxylic acids is 1. The predicted octanol–water partition coefficient (Wildman–Crippen LogP) is 1.85. The van der Waals surface area contributed by atoms with Crippen LogP contribution in [0.1, 0.15) is 30.6 Å². The lowest BCUT2D eigenvalue weighted by molar-refractivity contribution is -0.0794. The number of nitrogen functional groups attached to an aromatic ring is 1. The minimum Gasteiger partial charge on any atom is -0.397 e. The van der Waals surface area contributed by atoms with Crippen molar-refractivity contribution in [1.82, 2.24) is 5.32 Å². The average molecular weight is 277 g/mol. The highest BCUT2D eigenvalue weighted by atomic mass is 16.5. The molecule has 5 heteroatoms. The lowest BCUT2D eigenvalue weighted by atomic mass is 9.64. The third-order valence-corrected chi connectivity index (χ3v) is 4.33.